The van der Waals surface area contributed by atoms with Crippen molar-refractivity contribution in [2.24, 2.45) is 5.92 Å². The number of amides is 2. The Labute approximate surface area is 203 Å². The van der Waals surface area contributed by atoms with Crippen LogP contribution in [-0.2, 0) is 6.54 Å². The summed E-state index contributed by atoms with van der Waals surface area (Å²) < 4.78 is 11.9. The fourth-order valence-corrected chi connectivity index (χ4v) is 4.28. The van der Waals surface area contributed by atoms with E-state index in [0.29, 0.717) is 60.6 Å². The van der Waals surface area contributed by atoms with Gasteiger partial charge in [0, 0.05) is 43.7 Å². The van der Waals surface area contributed by atoms with E-state index >= 15 is 0 Å². The van der Waals surface area contributed by atoms with E-state index in [2.05, 4.69) is 5.10 Å². The van der Waals surface area contributed by atoms with E-state index in [1.54, 1.807) is 59.4 Å². The Bertz CT molecular complexity index is 1310. The molecule has 0 aliphatic carbocycles. The molecule has 1 aliphatic heterocycles. The van der Waals surface area contributed by atoms with Crippen molar-refractivity contribution in [3.63, 3.8) is 0 Å². The van der Waals surface area contributed by atoms with Gasteiger partial charge in [-0.25, -0.2) is 4.68 Å². The van der Waals surface area contributed by atoms with Crippen LogP contribution in [0.2, 0.25) is 0 Å². The summed E-state index contributed by atoms with van der Waals surface area (Å²) in [5.41, 5.74) is 0.563. The van der Waals surface area contributed by atoms with Crippen LogP contribution in [-0.4, -0.2) is 71.8 Å². The van der Waals surface area contributed by atoms with Gasteiger partial charge >= 0.3 is 0 Å². The minimum Gasteiger partial charge on any atom is -0.493 e. The van der Waals surface area contributed by atoms with Gasteiger partial charge in [-0.3, -0.25) is 14.4 Å². The van der Waals surface area contributed by atoms with Crippen LogP contribution in [0.15, 0.2) is 47.3 Å². The van der Waals surface area contributed by atoms with Gasteiger partial charge in [0.1, 0.15) is 0 Å². The number of carbonyl (C=O) groups is 2. The second-order valence-electron chi connectivity index (χ2n) is 8.93. The zero-order chi connectivity index (χ0) is 25.1. The van der Waals surface area contributed by atoms with Gasteiger partial charge in [-0.15, -0.1) is 0 Å². The number of aromatic nitrogens is 2. The van der Waals surface area contributed by atoms with Gasteiger partial charge < -0.3 is 19.3 Å². The highest BCUT2D eigenvalue weighted by Crippen LogP contribution is 2.28. The summed E-state index contributed by atoms with van der Waals surface area (Å²) >= 11 is 0. The first-order valence-corrected chi connectivity index (χ1v) is 11.6. The highest BCUT2D eigenvalue weighted by Gasteiger charge is 2.28. The monoisotopic (exact) mass is 478 g/mol. The first-order valence-electron chi connectivity index (χ1n) is 11.6. The molecule has 184 valence electrons. The Morgan fingerprint density at radius 1 is 0.886 bits per heavy atom. The first-order chi connectivity index (χ1) is 16.8. The van der Waals surface area contributed by atoms with Crippen molar-refractivity contribution in [3.05, 3.63) is 64.1 Å². The van der Waals surface area contributed by atoms with Crippen LogP contribution in [0, 0.1) is 5.92 Å². The Morgan fingerprint density at radius 2 is 1.49 bits per heavy atom. The molecule has 0 atom stereocenters. The number of hydrogen-bond acceptors (Lipinski definition) is 6. The molecule has 35 heavy (non-hydrogen) atoms. The third-order valence-electron chi connectivity index (χ3n) is 6.09. The van der Waals surface area contributed by atoms with Crippen LogP contribution < -0.4 is 15.0 Å². The number of piperazine rings is 1. The molecule has 0 unspecified atom stereocenters. The molecule has 0 N–H and O–H groups in total. The number of rotatable bonds is 6. The molecule has 1 saturated heterocycles. The van der Waals surface area contributed by atoms with E-state index < -0.39 is 0 Å². The van der Waals surface area contributed by atoms with Crippen molar-refractivity contribution < 1.29 is 19.1 Å². The third-order valence-corrected chi connectivity index (χ3v) is 6.09. The van der Waals surface area contributed by atoms with Crippen molar-refractivity contribution in [1.82, 2.24) is 19.6 Å². The Morgan fingerprint density at radius 3 is 2.09 bits per heavy atom. The fourth-order valence-electron chi connectivity index (χ4n) is 4.28. The van der Waals surface area contributed by atoms with E-state index in [4.69, 9.17) is 9.47 Å². The van der Waals surface area contributed by atoms with Gasteiger partial charge in [0.2, 0.25) is 0 Å². The molecule has 2 amide bonds. The molecule has 4 rings (SSSR count). The minimum atomic E-state index is -0.239. The van der Waals surface area contributed by atoms with Crippen molar-refractivity contribution in [2.75, 3.05) is 40.4 Å². The largest absolute Gasteiger partial charge is 0.493 e. The van der Waals surface area contributed by atoms with Crippen molar-refractivity contribution in [2.45, 2.75) is 20.4 Å². The third kappa shape index (κ3) is 4.84. The van der Waals surface area contributed by atoms with E-state index in [1.165, 1.54) is 11.8 Å². The topological polar surface area (TPSA) is 94.0 Å². The summed E-state index contributed by atoms with van der Waals surface area (Å²) in [7, 11) is 3.07. The number of benzene rings is 2. The summed E-state index contributed by atoms with van der Waals surface area (Å²) in [6.07, 6.45) is 0. The standard InChI is InChI=1S/C26H30N4O5/c1-17(2)16-30-25(32)20-8-6-5-7-19(20)23(27-30)26(33)29-13-11-28(12-14-29)24(31)18-9-10-21(34-3)22(15-18)35-4/h5-10,15,17H,11-14,16H2,1-4H3. The summed E-state index contributed by atoms with van der Waals surface area (Å²) in [5, 5.41) is 5.49. The summed E-state index contributed by atoms with van der Waals surface area (Å²) in [6, 6.07) is 12.1. The molecule has 0 saturated carbocycles. The van der Waals surface area contributed by atoms with Crippen LogP contribution >= 0.6 is 0 Å². The summed E-state index contributed by atoms with van der Waals surface area (Å²) in [4.78, 5) is 42.8. The lowest BCUT2D eigenvalue weighted by molar-refractivity contribution is 0.0531. The number of nitrogens with zero attached hydrogens (tertiary/aromatic N) is 4. The quantitative estimate of drug-likeness (QED) is 0.541. The molecule has 0 bridgehead atoms. The van der Waals surface area contributed by atoms with Gasteiger partial charge in [0.25, 0.3) is 17.4 Å². The molecule has 9 nitrogen and oxygen atoms in total. The number of hydrogen-bond donors (Lipinski definition) is 0. The maximum absolute atomic E-state index is 13.5. The molecule has 0 spiro atoms. The number of carbonyl (C=O) groups excluding carboxylic acids is 2. The van der Waals surface area contributed by atoms with Crippen molar-refractivity contribution in [1.29, 1.82) is 0 Å². The molecule has 1 aliphatic rings. The van der Waals surface area contributed by atoms with Crippen LogP contribution in [0.25, 0.3) is 10.8 Å². The molecule has 0 radical (unpaired) electrons. The Kier molecular flexibility index (Phi) is 7.04. The molecule has 9 heteroatoms. The normalized spacial score (nSPS) is 13.9. The Hall–Kier alpha value is -3.88. The second kappa shape index (κ2) is 10.2. The van der Waals surface area contributed by atoms with E-state index in [9.17, 15) is 14.4 Å². The highest BCUT2D eigenvalue weighted by molar-refractivity contribution is 6.05. The molecular weight excluding hydrogens is 448 g/mol. The van der Waals surface area contributed by atoms with E-state index in [1.807, 2.05) is 13.8 Å². The fraction of sp³-hybridized carbons (Fsp3) is 0.385. The highest BCUT2D eigenvalue weighted by atomic mass is 16.5. The predicted molar refractivity (Wildman–Crippen MR) is 132 cm³/mol. The molecule has 1 fully saturated rings. The first kappa shape index (κ1) is 24.3. The molecule has 3 aromatic rings. The smallest absolute Gasteiger partial charge is 0.275 e. The maximum atomic E-state index is 13.5. The lowest BCUT2D eigenvalue weighted by atomic mass is 10.1. The average molecular weight is 479 g/mol. The number of fused-ring (bicyclic) bond motifs is 1. The maximum Gasteiger partial charge on any atom is 0.275 e. The van der Waals surface area contributed by atoms with Gasteiger partial charge in [-0.05, 0) is 30.2 Å². The van der Waals surface area contributed by atoms with Gasteiger partial charge in [0.05, 0.1) is 19.6 Å². The number of ether oxygens (including phenoxy) is 2. The Balaban J connectivity index is 1.53. The minimum absolute atomic E-state index is 0.132. The van der Waals surface area contributed by atoms with E-state index in [0.717, 1.165) is 0 Å². The van der Waals surface area contributed by atoms with Crippen molar-refractivity contribution >= 4 is 22.6 Å². The van der Waals surface area contributed by atoms with Crippen molar-refractivity contribution in [3.8, 4) is 11.5 Å². The van der Waals surface area contributed by atoms with Gasteiger partial charge in [-0.1, -0.05) is 32.0 Å². The SMILES string of the molecule is COc1ccc(C(=O)N2CCN(C(=O)c3nn(CC(C)C)c(=O)c4ccccc34)CC2)cc1OC. The second-order valence-corrected chi connectivity index (χ2v) is 8.93. The predicted octanol–water partition coefficient (Wildman–Crippen LogP) is 2.67. The zero-order valence-corrected chi connectivity index (χ0v) is 20.5. The lowest BCUT2D eigenvalue weighted by Gasteiger charge is -2.34. The van der Waals surface area contributed by atoms with Crippen LogP contribution in [0.3, 0.4) is 0 Å². The van der Waals surface area contributed by atoms with Gasteiger partial charge in [0.15, 0.2) is 17.2 Å². The van der Waals surface area contributed by atoms with E-state index in [-0.39, 0.29) is 29.0 Å². The van der Waals surface area contributed by atoms with Crippen LogP contribution in [0.4, 0.5) is 0 Å². The zero-order valence-electron chi connectivity index (χ0n) is 20.5. The van der Waals surface area contributed by atoms with Crippen LogP contribution in [0.1, 0.15) is 34.7 Å². The van der Waals surface area contributed by atoms with Gasteiger partial charge in [-0.2, -0.15) is 5.10 Å². The lowest BCUT2D eigenvalue weighted by Crippen LogP contribution is -2.51. The van der Waals surface area contributed by atoms with Crippen LogP contribution in [0.5, 0.6) is 11.5 Å². The molecular formula is C26H30N4O5. The average Bonchev–Trinajstić information content (AvgIpc) is 2.89. The summed E-state index contributed by atoms with van der Waals surface area (Å²) in [5.74, 6) is 0.874. The molecule has 2 heterocycles. The number of methoxy groups -OCH3 is 2. The molecule has 1 aromatic heterocycles. The molecule has 2 aromatic carbocycles. The summed E-state index contributed by atoms with van der Waals surface area (Å²) in [6.45, 7) is 5.95.